The van der Waals surface area contributed by atoms with Gasteiger partial charge in [0.2, 0.25) is 23.5 Å². The van der Waals surface area contributed by atoms with Crippen LogP contribution in [0.4, 0.5) is 11.4 Å². The maximum Gasteiger partial charge on any atom is 0.227 e. The van der Waals surface area contributed by atoms with Crippen molar-refractivity contribution in [3.8, 4) is 11.4 Å². The van der Waals surface area contributed by atoms with Crippen LogP contribution in [-0.4, -0.2) is 22.0 Å². The Balaban J connectivity index is 1.50. The van der Waals surface area contributed by atoms with E-state index < -0.39 is 0 Å². The average molecular weight is 413 g/mol. The molecule has 7 nitrogen and oxygen atoms in total. The lowest BCUT2D eigenvalue weighted by Crippen LogP contribution is -2.17. The number of hydrogen-bond donors (Lipinski definition) is 2. The van der Waals surface area contributed by atoms with E-state index in [2.05, 4.69) is 20.8 Å². The molecule has 0 spiro atoms. The molecule has 1 aromatic heterocycles. The minimum absolute atomic E-state index is 0.0562. The number of nitrogens with zero attached hydrogens (tertiary/aromatic N) is 2. The quantitative estimate of drug-likeness (QED) is 0.593. The van der Waals surface area contributed by atoms with E-state index in [1.165, 1.54) is 0 Å². The van der Waals surface area contributed by atoms with Gasteiger partial charge in [0.1, 0.15) is 0 Å². The van der Waals surface area contributed by atoms with Crippen molar-refractivity contribution in [3.05, 3.63) is 59.4 Å². The second-order valence-corrected chi connectivity index (χ2v) is 7.22. The first kappa shape index (κ1) is 20.5. The van der Waals surface area contributed by atoms with E-state index in [4.69, 9.17) is 16.1 Å². The third-order valence-electron chi connectivity index (χ3n) is 4.10. The zero-order valence-electron chi connectivity index (χ0n) is 16.1. The molecule has 3 aromatic rings. The van der Waals surface area contributed by atoms with Crippen molar-refractivity contribution in [1.29, 1.82) is 0 Å². The van der Waals surface area contributed by atoms with Crippen molar-refractivity contribution < 1.29 is 14.1 Å². The summed E-state index contributed by atoms with van der Waals surface area (Å²) in [4.78, 5) is 28.2. The average Bonchev–Trinajstić information content (AvgIpc) is 3.17. The lowest BCUT2D eigenvalue weighted by Gasteiger charge is -2.09. The summed E-state index contributed by atoms with van der Waals surface area (Å²) >= 11 is 5.87. The molecule has 0 aliphatic rings. The van der Waals surface area contributed by atoms with Gasteiger partial charge in [-0.3, -0.25) is 9.59 Å². The van der Waals surface area contributed by atoms with Crippen LogP contribution in [0.5, 0.6) is 0 Å². The van der Waals surface area contributed by atoms with Crippen molar-refractivity contribution in [2.45, 2.75) is 26.7 Å². The van der Waals surface area contributed by atoms with Crippen molar-refractivity contribution >= 4 is 34.8 Å². The number of carbonyl (C=O) groups is 2. The summed E-state index contributed by atoms with van der Waals surface area (Å²) < 4.78 is 5.21. The van der Waals surface area contributed by atoms with E-state index in [0.29, 0.717) is 34.5 Å². The van der Waals surface area contributed by atoms with Gasteiger partial charge in [0.25, 0.3) is 0 Å². The first-order chi connectivity index (χ1) is 13.9. The molecular formula is C21H21ClN4O3. The fraction of sp³-hybridized carbons (Fsp3) is 0.238. The molecule has 0 atom stereocenters. The van der Waals surface area contributed by atoms with Gasteiger partial charge in [-0.2, -0.15) is 4.98 Å². The van der Waals surface area contributed by atoms with Crippen LogP contribution in [0.25, 0.3) is 11.4 Å². The van der Waals surface area contributed by atoms with Gasteiger partial charge in [-0.05, 0) is 48.5 Å². The van der Waals surface area contributed by atoms with Gasteiger partial charge in [-0.1, -0.05) is 30.6 Å². The van der Waals surface area contributed by atoms with Crippen LogP contribution < -0.4 is 10.6 Å². The number of amides is 2. The smallest absolute Gasteiger partial charge is 0.227 e. The van der Waals surface area contributed by atoms with E-state index in [9.17, 15) is 9.59 Å². The summed E-state index contributed by atoms with van der Waals surface area (Å²) in [7, 11) is 0. The predicted octanol–water partition coefficient (Wildman–Crippen LogP) is 4.56. The van der Waals surface area contributed by atoms with Gasteiger partial charge in [-0.15, -0.1) is 0 Å². The van der Waals surface area contributed by atoms with E-state index in [0.717, 1.165) is 5.56 Å². The Labute approximate surface area is 173 Å². The molecule has 0 aliphatic heterocycles. The van der Waals surface area contributed by atoms with E-state index in [1.807, 2.05) is 13.8 Å². The highest BCUT2D eigenvalue weighted by molar-refractivity contribution is 6.30. The molecule has 3 rings (SSSR count). The number of hydrogen-bond acceptors (Lipinski definition) is 5. The Morgan fingerprint density at radius 3 is 2.24 bits per heavy atom. The van der Waals surface area contributed by atoms with Crippen LogP contribution in [-0.2, 0) is 16.0 Å². The number of rotatable bonds is 7. The Morgan fingerprint density at radius 2 is 1.62 bits per heavy atom. The molecule has 0 saturated carbocycles. The number of benzene rings is 2. The topological polar surface area (TPSA) is 97.1 Å². The Kier molecular flexibility index (Phi) is 6.61. The highest BCUT2D eigenvalue weighted by Crippen LogP contribution is 2.19. The molecule has 2 amide bonds. The summed E-state index contributed by atoms with van der Waals surface area (Å²) in [6, 6.07) is 14.1. The molecule has 2 N–H and O–H groups in total. The molecule has 1 heterocycles. The molecule has 0 aliphatic carbocycles. The van der Waals surface area contributed by atoms with Gasteiger partial charge in [0.05, 0.1) is 0 Å². The highest BCUT2D eigenvalue weighted by atomic mass is 35.5. The molecular weight excluding hydrogens is 392 g/mol. The molecule has 2 aromatic carbocycles. The number of carbonyl (C=O) groups excluding carboxylic acids is 2. The second kappa shape index (κ2) is 9.34. The number of halogens is 1. The zero-order chi connectivity index (χ0) is 20.8. The highest BCUT2D eigenvalue weighted by Gasteiger charge is 2.11. The molecule has 0 unspecified atom stereocenters. The van der Waals surface area contributed by atoms with Crippen molar-refractivity contribution in [2.75, 3.05) is 10.6 Å². The summed E-state index contributed by atoms with van der Waals surface area (Å²) in [5.41, 5.74) is 2.12. The summed E-state index contributed by atoms with van der Waals surface area (Å²) in [6.07, 6.45) is 0.531. The summed E-state index contributed by atoms with van der Waals surface area (Å²) in [6.45, 7) is 3.65. The second-order valence-electron chi connectivity index (χ2n) is 6.79. The Hall–Kier alpha value is -3.19. The first-order valence-electron chi connectivity index (χ1n) is 9.20. The molecule has 0 bridgehead atoms. The van der Waals surface area contributed by atoms with Crippen LogP contribution in [0, 0.1) is 5.92 Å². The van der Waals surface area contributed by atoms with Crippen LogP contribution >= 0.6 is 11.6 Å². The fourth-order valence-corrected chi connectivity index (χ4v) is 2.57. The first-order valence-corrected chi connectivity index (χ1v) is 9.58. The molecule has 150 valence electrons. The van der Waals surface area contributed by atoms with Crippen LogP contribution in [0.3, 0.4) is 0 Å². The van der Waals surface area contributed by atoms with Crippen molar-refractivity contribution in [1.82, 2.24) is 10.1 Å². The SMILES string of the molecule is CC(C)C(=O)Nc1ccc(NC(=O)CCc2nc(-c3ccc(Cl)cc3)no2)cc1. The number of aromatic nitrogens is 2. The maximum atomic E-state index is 12.2. The number of aryl methyl sites for hydroxylation is 1. The molecule has 0 saturated heterocycles. The molecule has 0 radical (unpaired) electrons. The predicted molar refractivity (Wildman–Crippen MR) is 112 cm³/mol. The maximum absolute atomic E-state index is 12.2. The van der Waals surface area contributed by atoms with E-state index >= 15 is 0 Å². The largest absolute Gasteiger partial charge is 0.339 e. The Bertz CT molecular complexity index is 982. The summed E-state index contributed by atoms with van der Waals surface area (Å²) in [5, 5.41) is 10.2. The van der Waals surface area contributed by atoms with E-state index in [-0.39, 0.29) is 24.2 Å². The van der Waals surface area contributed by atoms with Gasteiger partial charge in [0.15, 0.2) is 0 Å². The fourth-order valence-electron chi connectivity index (χ4n) is 2.44. The monoisotopic (exact) mass is 412 g/mol. The van der Waals surface area contributed by atoms with Crippen LogP contribution in [0.1, 0.15) is 26.2 Å². The summed E-state index contributed by atoms with van der Waals surface area (Å²) in [5.74, 6) is 0.516. The van der Waals surface area contributed by atoms with Crippen LogP contribution in [0.15, 0.2) is 53.1 Å². The lowest BCUT2D eigenvalue weighted by atomic mass is 10.2. The van der Waals surface area contributed by atoms with Gasteiger partial charge in [0, 0.05) is 40.7 Å². The third kappa shape index (κ3) is 5.89. The third-order valence-corrected chi connectivity index (χ3v) is 4.35. The van der Waals surface area contributed by atoms with Crippen LogP contribution in [0.2, 0.25) is 5.02 Å². The molecule has 8 heteroatoms. The Morgan fingerprint density at radius 1 is 1.00 bits per heavy atom. The standard InChI is InChI=1S/C21H21ClN4O3/c1-13(2)21(28)24-17-9-7-16(8-10-17)23-18(27)11-12-19-25-20(26-29-19)14-3-5-15(22)6-4-14/h3-10,13H,11-12H2,1-2H3,(H,23,27)(H,24,28). The van der Waals surface area contributed by atoms with Gasteiger partial charge < -0.3 is 15.2 Å². The zero-order valence-corrected chi connectivity index (χ0v) is 16.9. The minimum Gasteiger partial charge on any atom is -0.339 e. The van der Waals surface area contributed by atoms with Gasteiger partial charge in [-0.25, -0.2) is 0 Å². The van der Waals surface area contributed by atoms with Crippen molar-refractivity contribution in [3.63, 3.8) is 0 Å². The molecule has 29 heavy (non-hydrogen) atoms. The van der Waals surface area contributed by atoms with Crippen molar-refractivity contribution in [2.24, 2.45) is 5.92 Å². The lowest BCUT2D eigenvalue weighted by molar-refractivity contribution is -0.119. The van der Waals surface area contributed by atoms with Gasteiger partial charge >= 0.3 is 0 Å². The normalized spacial score (nSPS) is 10.8. The minimum atomic E-state index is -0.171. The molecule has 0 fully saturated rings. The van der Waals surface area contributed by atoms with E-state index in [1.54, 1.807) is 48.5 Å². The number of nitrogens with one attached hydrogen (secondary N) is 2. The number of anilines is 2.